The third-order valence-electron chi connectivity index (χ3n) is 2.95. The van der Waals surface area contributed by atoms with E-state index in [0.717, 1.165) is 10.6 Å². The predicted molar refractivity (Wildman–Crippen MR) is 91.4 cm³/mol. The standard InChI is InChI=1S/C16H17ClN2O3S/c1-22-16(21)11-6-7-18-15(8-11)23-14-4-2-12(3-5-14)19-10-13(20)9-17/h2-8,13,19-20H,9-10H2,1H3. The Bertz CT molecular complexity index is 652. The van der Waals surface area contributed by atoms with Crippen molar-refractivity contribution in [1.29, 1.82) is 0 Å². The number of alkyl halides is 1. The molecule has 0 bridgehead atoms. The first kappa shape index (κ1) is 17.6. The van der Waals surface area contributed by atoms with E-state index in [2.05, 4.69) is 10.3 Å². The number of hydrogen-bond donors (Lipinski definition) is 2. The van der Waals surface area contributed by atoms with Gasteiger partial charge in [-0.05, 0) is 36.4 Å². The molecule has 0 radical (unpaired) electrons. The van der Waals surface area contributed by atoms with Gasteiger partial charge in [-0.2, -0.15) is 0 Å². The highest BCUT2D eigenvalue weighted by Gasteiger charge is 2.07. The number of halogens is 1. The van der Waals surface area contributed by atoms with E-state index in [9.17, 15) is 9.90 Å². The number of esters is 1. The van der Waals surface area contributed by atoms with E-state index in [1.54, 1.807) is 18.3 Å². The van der Waals surface area contributed by atoms with Crippen LogP contribution in [0.1, 0.15) is 10.4 Å². The number of benzene rings is 1. The summed E-state index contributed by atoms with van der Waals surface area (Å²) < 4.78 is 4.70. The van der Waals surface area contributed by atoms with Crippen LogP contribution in [0.2, 0.25) is 0 Å². The number of aliphatic hydroxyl groups is 1. The minimum atomic E-state index is -0.573. The van der Waals surface area contributed by atoms with Gasteiger partial charge in [0.15, 0.2) is 0 Å². The van der Waals surface area contributed by atoms with E-state index in [1.165, 1.54) is 18.9 Å². The normalized spacial score (nSPS) is 11.8. The van der Waals surface area contributed by atoms with Gasteiger partial charge in [0.1, 0.15) is 5.03 Å². The smallest absolute Gasteiger partial charge is 0.337 e. The van der Waals surface area contributed by atoms with Gasteiger partial charge < -0.3 is 15.2 Å². The van der Waals surface area contributed by atoms with Gasteiger partial charge in [-0.15, -0.1) is 11.6 Å². The van der Waals surface area contributed by atoms with Crippen molar-refractivity contribution in [3.05, 3.63) is 48.2 Å². The van der Waals surface area contributed by atoms with Crippen molar-refractivity contribution in [3.63, 3.8) is 0 Å². The lowest BCUT2D eigenvalue weighted by atomic mass is 10.3. The molecule has 2 aromatic rings. The summed E-state index contributed by atoms with van der Waals surface area (Å²) in [7, 11) is 1.35. The monoisotopic (exact) mass is 352 g/mol. The van der Waals surface area contributed by atoms with Crippen molar-refractivity contribution in [2.45, 2.75) is 16.0 Å². The molecule has 0 saturated heterocycles. The van der Waals surface area contributed by atoms with E-state index in [1.807, 2.05) is 24.3 Å². The number of anilines is 1. The number of aliphatic hydroxyl groups excluding tert-OH is 1. The predicted octanol–water partition coefficient (Wildman–Crippen LogP) is 3.03. The molecular formula is C16H17ClN2O3S. The summed E-state index contributed by atoms with van der Waals surface area (Å²) >= 11 is 7.00. The molecule has 0 aliphatic heterocycles. The number of nitrogens with one attached hydrogen (secondary N) is 1. The molecule has 122 valence electrons. The van der Waals surface area contributed by atoms with Crippen LogP contribution in [0.5, 0.6) is 0 Å². The first-order chi connectivity index (χ1) is 11.1. The molecular weight excluding hydrogens is 336 g/mol. The second kappa shape index (κ2) is 8.76. The van der Waals surface area contributed by atoms with Gasteiger partial charge in [0, 0.05) is 23.3 Å². The maximum absolute atomic E-state index is 11.5. The maximum Gasteiger partial charge on any atom is 0.337 e. The number of rotatable bonds is 7. The van der Waals surface area contributed by atoms with Gasteiger partial charge in [0.2, 0.25) is 0 Å². The molecule has 1 aromatic carbocycles. The number of nitrogens with zero attached hydrogens (tertiary/aromatic N) is 1. The van der Waals surface area contributed by atoms with Gasteiger partial charge in [0.25, 0.3) is 0 Å². The quantitative estimate of drug-likeness (QED) is 0.589. The van der Waals surface area contributed by atoms with Crippen LogP contribution in [0.15, 0.2) is 52.5 Å². The van der Waals surface area contributed by atoms with Crippen LogP contribution in [-0.4, -0.2) is 41.7 Å². The van der Waals surface area contributed by atoms with Crippen molar-refractivity contribution in [2.75, 3.05) is 24.9 Å². The topological polar surface area (TPSA) is 71.5 Å². The number of pyridine rings is 1. The van der Waals surface area contributed by atoms with Crippen molar-refractivity contribution < 1.29 is 14.6 Å². The summed E-state index contributed by atoms with van der Waals surface area (Å²) in [5.74, 6) is -0.185. The lowest BCUT2D eigenvalue weighted by molar-refractivity contribution is 0.0600. The highest BCUT2D eigenvalue weighted by Crippen LogP contribution is 2.27. The molecule has 1 unspecified atom stereocenters. The Morgan fingerprint density at radius 3 is 2.78 bits per heavy atom. The first-order valence-corrected chi connectivity index (χ1v) is 8.27. The summed E-state index contributed by atoms with van der Waals surface area (Å²) in [6, 6.07) is 11.0. The van der Waals surface area contributed by atoms with Crippen LogP contribution >= 0.6 is 23.4 Å². The van der Waals surface area contributed by atoms with Crippen LogP contribution in [0, 0.1) is 0 Å². The molecule has 23 heavy (non-hydrogen) atoms. The lowest BCUT2D eigenvalue weighted by Gasteiger charge is -2.10. The van der Waals surface area contributed by atoms with Gasteiger partial charge in [0.05, 0.1) is 24.7 Å². The summed E-state index contributed by atoms with van der Waals surface area (Å²) in [4.78, 5) is 16.7. The van der Waals surface area contributed by atoms with E-state index < -0.39 is 6.10 Å². The molecule has 1 aromatic heterocycles. The molecule has 0 fully saturated rings. The highest BCUT2D eigenvalue weighted by atomic mass is 35.5. The number of hydrogen-bond acceptors (Lipinski definition) is 6. The molecule has 0 saturated carbocycles. The second-order valence-corrected chi connectivity index (χ2v) is 6.09. The number of methoxy groups -OCH3 is 1. The molecule has 0 spiro atoms. The summed E-state index contributed by atoms with van der Waals surface area (Å²) in [5, 5.41) is 13.2. The molecule has 1 heterocycles. The molecule has 2 rings (SSSR count). The number of ether oxygens (including phenoxy) is 1. The fraction of sp³-hybridized carbons (Fsp3) is 0.250. The largest absolute Gasteiger partial charge is 0.465 e. The molecule has 2 N–H and O–H groups in total. The van der Waals surface area contributed by atoms with E-state index in [4.69, 9.17) is 16.3 Å². The van der Waals surface area contributed by atoms with Crippen LogP contribution in [-0.2, 0) is 4.74 Å². The first-order valence-electron chi connectivity index (χ1n) is 6.92. The number of carbonyl (C=O) groups is 1. The molecule has 1 atom stereocenters. The lowest BCUT2D eigenvalue weighted by Crippen LogP contribution is -2.20. The summed E-state index contributed by atoms with van der Waals surface area (Å²) in [6.45, 7) is 0.402. The molecule has 5 nitrogen and oxygen atoms in total. The van der Waals surface area contributed by atoms with Crippen molar-refractivity contribution in [1.82, 2.24) is 4.98 Å². The Labute approximate surface area is 144 Å². The van der Waals surface area contributed by atoms with Crippen molar-refractivity contribution >= 4 is 35.0 Å². The molecule has 7 heteroatoms. The van der Waals surface area contributed by atoms with Gasteiger partial charge in [-0.25, -0.2) is 9.78 Å². The average molecular weight is 353 g/mol. The third kappa shape index (κ3) is 5.42. The molecule has 0 aliphatic carbocycles. The fourth-order valence-corrected chi connectivity index (χ4v) is 2.68. The highest BCUT2D eigenvalue weighted by molar-refractivity contribution is 7.99. The Kier molecular flexibility index (Phi) is 6.70. The summed E-state index contributed by atoms with van der Waals surface area (Å²) in [6.07, 6.45) is 1.01. The zero-order valence-electron chi connectivity index (χ0n) is 12.5. The fourth-order valence-electron chi connectivity index (χ4n) is 1.76. The minimum absolute atomic E-state index is 0.198. The van der Waals surface area contributed by atoms with E-state index >= 15 is 0 Å². The zero-order valence-corrected chi connectivity index (χ0v) is 14.1. The van der Waals surface area contributed by atoms with Crippen molar-refractivity contribution in [2.24, 2.45) is 0 Å². The van der Waals surface area contributed by atoms with Crippen molar-refractivity contribution in [3.8, 4) is 0 Å². The van der Waals surface area contributed by atoms with Crippen LogP contribution in [0.3, 0.4) is 0 Å². The Morgan fingerprint density at radius 1 is 1.39 bits per heavy atom. The minimum Gasteiger partial charge on any atom is -0.465 e. The van der Waals surface area contributed by atoms with E-state index in [-0.39, 0.29) is 11.8 Å². The second-order valence-electron chi connectivity index (χ2n) is 4.69. The van der Waals surface area contributed by atoms with Gasteiger partial charge in [-0.1, -0.05) is 11.8 Å². The van der Waals surface area contributed by atoms with Crippen LogP contribution < -0.4 is 5.32 Å². The maximum atomic E-state index is 11.5. The summed E-state index contributed by atoms with van der Waals surface area (Å²) in [5.41, 5.74) is 1.37. The molecule has 0 aliphatic rings. The van der Waals surface area contributed by atoms with Gasteiger partial charge in [-0.3, -0.25) is 0 Å². The zero-order chi connectivity index (χ0) is 16.7. The Hall–Kier alpha value is -1.76. The number of aromatic nitrogens is 1. The van der Waals surface area contributed by atoms with E-state index in [0.29, 0.717) is 17.1 Å². The Balaban J connectivity index is 1.99. The van der Waals surface area contributed by atoms with Crippen LogP contribution in [0.25, 0.3) is 0 Å². The van der Waals surface area contributed by atoms with Crippen LogP contribution in [0.4, 0.5) is 5.69 Å². The average Bonchev–Trinajstić information content (AvgIpc) is 2.60. The SMILES string of the molecule is COC(=O)c1ccnc(Sc2ccc(NCC(O)CCl)cc2)c1. The molecule has 0 amide bonds. The van der Waals surface area contributed by atoms with Gasteiger partial charge >= 0.3 is 5.97 Å². The Morgan fingerprint density at radius 2 is 2.13 bits per heavy atom. The third-order valence-corrected chi connectivity index (χ3v) is 4.25. The number of carbonyl (C=O) groups excluding carboxylic acids is 1.